The number of methoxy groups -OCH3 is 1. The van der Waals surface area contributed by atoms with Crippen LogP contribution in [-0.4, -0.2) is 26.1 Å². The highest BCUT2D eigenvalue weighted by atomic mass is 79.9. The molecular weight excluding hydrogens is 308 g/mol. The van der Waals surface area contributed by atoms with Gasteiger partial charge in [-0.1, -0.05) is 22.9 Å². The van der Waals surface area contributed by atoms with Gasteiger partial charge in [0.05, 0.1) is 7.11 Å². The van der Waals surface area contributed by atoms with Crippen LogP contribution in [0.15, 0.2) is 22.7 Å². The smallest absolute Gasteiger partial charge is 0.220 e. The molecule has 0 aliphatic carbocycles. The number of halogens is 1. The monoisotopic (exact) mass is 328 g/mol. The number of nitrogens with two attached hydrogens (primary N) is 1. The topological polar surface area (TPSA) is 64.3 Å². The van der Waals surface area contributed by atoms with E-state index < -0.39 is 0 Å². The normalized spacial score (nSPS) is 12.0. The molecule has 0 radical (unpaired) electrons. The van der Waals surface area contributed by atoms with E-state index >= 15 is 0 Å². The third-order valence-corrected chi connectivity index (χ3v) is 3.41. The number of hydrogen-bond acceptors (Lipinski definition) is 3. The molecule has 106 valence electrons. The molecule has 19 heavy (non-hydrogen) atoms. The standard InChI is InChI=1S/C14H21BrN2O2/c1-10(8-16)9-17-14(18)6-3-11-7-12(15)4-5-13(11)19-2/h4-5,7,10H,3,6,8-9,16H2,1-2H3,(H,17,18). The second-order valence-electron chi connectivity index (χ2n) is 4.60. The van der Waals surface area contributed by atoms with Crippen LogP contribution in [0.2, 0.25) is 0 Å². The van der Waals surface area contributed by atoms with Gasteiger partial charge in [-0.3, -0.25) is 4.79 Å². The minimum atomic E-state index is 0.0438. The fraction of sp³-hybridized carbons (Fsp3) is 0.500. The summed E-state index contributed by atoms with van der Waals surface area (Å²) < 4.78 is 6.27. The highest BCUT2D eigenvalue weighted by Gasteiger charge is 2.08. The SMILES string of the molecule is COc1ccc(Br)cc1CCC(=O)NCC(C)CN. The molecule has 0 saturated carbocycles. The van der Waals surface area contributed by atoms with Crippen LogP contribution in [0.4, 0.5) is 0 Å². The van der Waals surface area contributed by atoms with Crippen molar-refractivity contribution in [2.45, 2.75) is 19.8 Å². The lowest BCUT2D eigenvalue weighted by molar-refractivity contribution is -0.121. The van der Waals surface area contributed by atoms with Crippen LogP contribution in [0.25, 0.3) is 0 Å². The molecule has 1 aromatic carbocycles. The van der Waals surface area contributed by atoms with Crippen LogP contribution in [0.3, 0.4) is 0 Å². The van der Waals surface area contributed by atoms with Gasteiger partial charge in [-0.2, -0.15) is 0 Å². The van der Waals surface area contributed by atoms with Gasteiger partial charge in [-0.15, -0.1) is 0 Å². The van der Waals surface area contributed by atoms with Crippen molar-refractivity contribution in [2.75, 3.05) is 20.2 Å². The fourth-order valence-electron chi connectivity index (χ4n) is 1.65. The van der Waals surface area contributed by atoms with E-state index in [4.69, 9.17) is 10.5 Å². The Labute approximate surface area is 122 Å². The molecule has 1 rings (SSSR count). The number of rotatable bonds is 7. The Bertz CT molecular complexity index is 424. The van der Waals surface area contributed by atoms with Gasteiger partial charge in [0.15, 0.2) is 0 Å². The molecule has 0 aromatic heterocycles. The summed E-state index contributed by atoms with van der Waals surface area (Å²) in [5, 5.41) is 2.88. The average molecular weight is 329 g/mol. The summed E-state index contributed by atoms with van der Waals surface area (Å²) in [7, 11) is 1.63. The van der Waals surface area contributed by atoms with Crippen molar-refractivity contribution in [1.29, 1.82) is 0 Å². The number of amides is 1. The predicted molar refractivity (Wildman–Crippen MR) is 80.2 cm³/mol. The molecule has 1 aromatic rings. The molecule has 0 saturated heterocycles. The van der Waals surface area contributed by atoms with E-state index in [9.17, 15) is 4.79 Å². The summed E-state index contributed by atoms with van der Waals surface area (Å²) in [5.41, 5.74) is 6.53. The quantitative estimate of drug-likeness (QED) is 0.805. The second-order valence-corrected chi connectivity index (χ2v) is 5.52. The van der Waals surface area contributed by atoms with Crippen LogP contribution in [0.1, 0.15) is 18.9 Å². The molecule has 0 bridgehead atoms. The number of nitrogens with one attached hydrogen (secondary N) is 1. The van der Waals surface area contributed by atoms with Crippen LogP contribution in [0.5, 0.6) is 5.75 Å². The molecular formula is C14H21BrN2O2. The first-order valence-corrected chi connectivity index (χ1v) is 7.15. The van der Waals surface area contributed by atoms with Crippen molar-refractivity contribution in [2.24, 2.45) is 11.7 Å². The van der Waals surface area contributed by atoms with Gasteiger partial charge in [-0.05, 0) is 42.6 Å². The molecule has 0 spiro atoms. The zero-order chi connectivity index (χ0) is 14.3. The van der Waals surface area contributed by atoms with Gasteiger partial charge >= 0.3 is 0 Å². The van der Waals surface area contributed by atoms with Crippen LogP contribution in [0, 0.1) is 5.92 Å². The van der Waals surface area contributed by atoms with Gasteiger partial charge in [0.1, 0.15) is 5.75 Å². The minimum Gasteiger partial charge on any atom is -0.496 e. The van der Waals surface area contributed by atoms with Crippen LogP contribution < -0.4 is 15.8 Å². The maximum Gasteiger partial charge on any atom is 0.220 e. The third kappa shape index (κ3) is 5.61. The highest BCUT2D eigenvalue weighted by molar-refractivity contribution is 9.10. The van der Waals surface area contributed by atoms with E-state index in [-0.39, 0.29) is 5.91 Å². The number of carbonyl (C=O) groups is 1. The van der Waals surface area contributed by atoms with Gasteiger partial charge in [-0.25, -0.2) is 0 Å². The Morgan fingerprint density at radius 3 is 2.89 bits per heavy atom. The zero-order valence-electron chi connectivity index (χ0n) is 11.4. The van der Waals surface area contributed by atoms with Crippen molar-refractivity contribution < 1.29 is 9.53 Å². The van der Waals surface area contributed by atoms with Gasteiger partial charge < -0.3 is 15.8 Å². The van der Waals surface area contributed by atoms with Gasteiger partial charge in [0.25, 0.3) is 0 Å². The molecule has 0 aliphatic heterocycles. The lowest BCUT2D eigenvalue weighted by Gasteiger charge is -2.11. The molecule has 1 unspecified atom stereocenters. The van der Waals surface area contributed by atoms with E-state index in [1.807, 2.05) is 25.1 Å². The molecule has 4 nitrogen and oxygen atoms in total. The number of aryl methyl sites for hydroxylation is 1. The largest absolute Gasteiger partial charge is 0.496 e. The van der Waals surface area contributed by atoms with Crippen molar-refractivity contribution in [3.63, 3.8) is 0 Å². The van der Waals surface area contributed by atoms with Crippen molar-refractivity contribution in [1.82, 2.24) is 5.32 Å². The van der Waals surface area contributed by atoms with Crippen LogP contribution >= 0.6 is 15.9 Å². The number of ether oxygens (including phenoxy) is 1. The zero-order valence-corrected chi connectivity index (χ0v) is 13.0. The lowest BCUT2D eigenvalue weighted by Crippen LogP contribution is -2.31. The Hall–Kier alpha value is -1.07. The summed E-state index contributed by atoms with van der Waals surface area (Å²) in [4.78, 5) is 11.7. The van der Waals surface area contributed by atoms with Crippen molar-refractivity contribution in [3.8, 4) is 5.75 Å². The lowest BCUT2D eigenvalue weighted by atomic mass is 10.1. The molecule has 1 amide bonds. The first-order valence-electron chi connectivity index (χ1n) is 6.36. The Morgan fingerprint density at radius 1 is 1.53 bits per heavy atom. The molecule has 0 aliphatic rings. The Balaban J connectivity index is 2.47. The number of benzene rings is 1. The average Bonchev–Trinajstić information content (AvgIpc) is 2.42. The van der Waals surface area contributed by atoms with Gasteiger partial charge in [0.2, 0.25) is 5.91 Å². The first-order chi connectivity index (χ1) is 9.06. The van der Waals surface area contributed by atoms with E-state index in [0.29, 0.717) is 31.8 Å². The predicted octanol–water partition coefficient (Wildman–Crippen LogP) is 2.10. The molecule has 0 fully saturated rings. The highest BCUT2D eigenvalue weighted by Crippen LogP contribution is 2.24. The maximum absolute atomic E-state index is 11.7. The summed E-state index contributed by atoms with van der Waals surface area (Å²) in [5.74, 6) is 1.16. The summed E-state index contributed by atoms with van der Waals surface area (Å²) >= 11 is 3.42. The molecule has 5 heteroatoms. The van der Waals surface area contributed by atoms with E-state index in [0.717, 1.165) is 15.8 Å². The second kappa shape index (κ2) is 8.17. The Kier molecular flexibility index (Phi) is 6.87. The van der Waals surface area contributed by atoms with E-state index in [2.05, 4.69) is 21.2 Å². The summed E-state index contributed by atoms with van der Waals surface area (Å²) in [6.45, 7) is 3.22. The van der Waals surface area contributed by atoms with Gasteiger partial charge in [0, 0.05) is 17.4 Å². The minimum absolute atomic E-state index is 0.0438. The fourth-order valence-corrected chi connectivity index (χ4v) is 2.06. The third-order valence-electron chi connectivity index (χ3n) is 2.91. The molecule has 0 heterocycles. The van der Waals surface area contributed by atoms with Crippen molar-refractivity contribution >= 4 is 21.8 Å². The van der Waals surface area contributed by atoms with E-state index in [1.54, 1.807) is 7.11 Å². The van der Waals surface area contributed by atoms with E-state index in [1.165, 1.54) is 0 Å². The number of hydrogen-bond donors (Lipinski definition) is 2. The van der Waals surface area contributed by atoms with Crippen molar-refractivity contribution in [3.05, 3.63) is 28.2 Å². The number of carbonyl (C=O) groups excluding carboxylic acids is 1. The summed E-state index contributed by atoms with van der Waals surface area (Å²) in [6.07, 6.45) is 1.11. The van der Waals surface area contributed by atoms with Crippen LogP contribution in [-0.2, 0) is 11.2 Å². The molecule has 1 atom stereocenters. The maximum atomic E-state index is 11.7. The molecule has 3 N–H and O–H groups in total. The first kappa shape index (κ1) is 16.0. The summed E-state index contributed by atoms with van der Waals surface area (Å²) in [6, 6.07) is 5.80. The Morgan fingerprint density at radius 2 is 2.26 bits per heavy atom.